The number of likely N-dealkylation sites (tertiary alicyclic amines) is 1. The molecule has 170 valence electrons. The maximum absolute atomic E-state index is 11.7. The molecule has 0 bridgehead atoms. The van der Waals surface area contributed by atoms with Gasteiger partial charge in [-0.3, -0.25) is 0 Å². The molecule has 0 spiro atoms. The Kier molecular flexibility index (Phi) is 6.70. The molecule has 2 saturated heterocycles. The fourth-order valence-corrected chi connectivity index (χ4v) is 4.83. The van der Waals surface area contributed by atoms with Crippen LogP contribution in [0.15, 0.2) is 24.3 Å². The fourth-order valence-electron chi connectivity index (χ4n) is 4.83. The number of piperidine rings is 1. The summed E-state index contributed by atoms with van der Waals surface area (Å²) in [5.74, 6) is 0.784. The van der Waals surface area contributed by atoms with E-state index in [0.717, 1.165) is 24.4 Å². The summed E-state index contributed by atoms with van der Waals surface area (Å²) in [6, 6.07) is 10.4. The highest BCUT2D eigenvalue weighted by molar-refractivity contribution is 5.65. The Morgan fingerprint density at radius 3 is 2.68 bits per heavy atom. The molecule has 0 aromatic heterocycles. The van der Waals surface area contributed by atoms with Crippen molar-refractivity contribution in [3.8, 4) is 11.8 Å². The number of anilines is 1. The summed E-state index contributed by atoms with van der Waals surface area (Å²) in [6.07, 6.45) is 0.970. The van der Waals surface area contributed by atoms with Crippen molar-refractivity contribution >= 4 is 11.8 Å². The molecule has 31 heavy (non-hydrogen) atoms. The summed E-state index contributed by atoms with van der Waals surface area (Å²) in [6.45, 7) is 10.2. The molecule has 1 N–H and O–H groups in total. The van der Waals surface area contributed by atoms with Crippen molar-refractivity contribution in [2.24, 2.45) is 10.8 Å². The van der Waals surface area contributed by atoms with Gasteiger partial charge in [0, 0.05) is 44.6 Å². The molecule has 0 radical (unpaired) electrons. The number of amides is 1. The number of para-hydroxylation sites is 2. The SMILES string of the molecule is CO[C@@H]1C[C@H](CC#N)N(c2ccccc2O[C@H]2CCN(C(=O)O)C[C@@]2(C)C(C)(C)C)C1. The summed E-state index contributed by atoms with van der Waals surface area (Å²) >= 11 is 0. The van der Waals surface area contributed by atoms with E-state index >= 15 is 0 Å². The number of ether oxygens (including phenoxy) is 2. The highest BCUT2D eigenvalue weighted by Crippen LogP contribution is 2.48. The molecule has 7 heteroatoms. The summed E-state index contributed by atoms with van der Waals surface area (Å²) in [7, 11) is 1.71. The zero-order valence-corrected chi connectivity index (χ0v) is 19.3. The first kappa shape index (κ1) is 23.2. The van der Waals surface area contributed by atoms with E-state index < -0.39 is 6.09 Å². The summed E-state index contributed by atoms with van der Waals surface area (Å²) in [5.41, 5.74) is 0.459. The monoisotopic (exact) mass is 429 g/mol. The number of carboxylic acid groups (broad SMARTS) is 1. The number of carbonyl (C=O) groups is 1. The Morgan fingerprint density at radius 2 is 2.06 bits per heavy atom. The molecule has 3 rings (SSSR count). The minimum absolute atomic E-state index is 0.0857. The standard InChI is InChI=1S/C24H35N3O4/c1-23(2,3)24(4)16-26(22(28)29)13-11-21(24)31-20-9-7-6-8-19(20)27-15-18(30-5)14-17(27)10-12-25/h6-9,17-18,21H,10-11,13-16H2,1-5H3,(H,28,29)/t17-,18+,21-,24+/m0/s1. The number of nitriles is 1. The predicted molar refractivity (Wildman–Crippen MR) is 119 cm³/mol. The van der Waals surface area contributed by atoms with Crippen molar-refractivity contribution in [2.75, 3.05) is 31.6 Å². The van der Waals surface area contributed by atoms with Crippen LogP contribution >= 0.6 is 0 Å². The summed E-state index contributed by atoms with van der Waals surface area (Å²) < 4.78 is 12.3. The molecule has 0 aliphatic carbocycles. The van der Waals surface area contributed by atoms with Crippen LogP contribution in [0.1, 0.15) is 47.0 Å². The number of benzene rings is 1. The van der Waals surface area contributed by atoms with Crippen LogP contribution in [0.3, 0.4) is 0 Å². The molecule has 1 amide bonds. The van der Waals surface area contributed by atoms with Gasteiger partial charge in [0.15, 0.2) is 0 Å². The molecule has 1 aromatic carbocycles. The minimum atomic E-state index is -0.878. The third-order valence-electron chi connectivity index (χ3n) is 7.36. The van der Waals surface area contributed by atoms with E-state index in [9.17, 15) is 15.2 Å². The highest BCUT2D eigenvalue weighted by Gasteiger charge is 2.50. The lowest BCUT2D eigenvalue weighted by atomic mass is 9.62. The predicted octanol–water partition coefficient (Wildman–Crippen LogP) is 4.38. The third-order valence-corrected chi connectivity index (χ3v) is 7.36. The van der Waals surface area contributed by atoms with E-state index in [1.165, 1.54) is 4.90 Å². The Balaban J connectivity index is 1.91. The molecule has 2 aliphatic heterocycles. The zero-order chi connectivity index (χ0) is 22.8. The second-order valence-electron chi connectivity index (χ2n) is 10.00. The van der Waals surface area contributed by atoms with E-state index in [1.54, 1.807) is 7.11 Å². The Morgan fingerprint density at radius 1 is 1.35 bits per heavy atom. The average Bonchev–Trinajstić information content (AvgIpc) is 3.12. The van der Waals surface area contributed by atoms with Crippen LogP contribution in [0.4, 0.5) is 10.5 Å². The molecular weight excluding hydrogens is 394 g/mol. The van der Waals surface area contributed by atoms with Gasteiger partial charge in [-0.15, -0.1) is 0 Å². The molecule has 7 nitrogen and oxygen atoms in total. The molecule has 4 atom stereocenters. The molecule has 2 heterocycles. The first-order valence-electron chi connectivity index (χ1n) is 11.0. The van der Waals surface area contributed by atoms with Gasteiger partial charge in [-0.2, -0.15) is 5.26 Å². The van der Waals surface area contributed by atoms with E-state index in [0.29, 0.717) is 25.9 Å². The van der Waals surface area contributed by atoms with Crippen LogP contribution in [0, 0.1) is 22.2 Å². The molecule has 2 fully saturated rings. The van der Waals surface area contributed by atoms with Crippen LogP contribution < -0.4 is 9.64 Å². The van der Waals surface area contributed by atoms with Gasteiger partial charge in [-0.05, 0) is 24.0 Å². The van der Waals surface area contributed by atoms with Crippen LogP contribution in [-0.4, -0.2) is 61.1 Å². The second kappa shape index (κ2) is 8.96. The van der Waals surface area contributed by atoms with Gasteiger partial charge in [0.25, 0.3) is 0 Å². The second-order valence-corrected chi connectivity index (χ2v) is 10.00. The smallest absolute Gasteiger partial charge is 0.407 e. The van der Waals surface area contributed by atoms with Gasteiger partial charge in [-0.25, -0.2) is 4.79 Å². The number of hydrogen-bond acceptors (Lipinski definition) is 5. The van der Waals surface area contributed by atoms with E-state index in [4.69, 9.17) is 9.47 Å². The van der Waals surface area contributed by atoms with E-state index in [-0.39, 0.29) is 29.1 Å². The maximum atomic E-state index is 11.7. The number of methoxy groups -OCH3 is 1. The molecular formula is C24H35N3O4. The van der Waals surface area contributed by atoms with E-state index in [2.05, 4.69) is 38.7 Å². The normalized spacial score (nSPS) is 29.0. The number of rotatable bonds is 5. The Labute approximate surface area is 185 Å². The maximum Gasteiger partial charge on any atom is 0.407 e. The lowest BCUT2D eigenvalue weighted by molar-refractivity contribution is -0.0766. The first-order valence-corrected chi connectivity index (χ1v) is 11.0. The lowest BCUT2D eigenvalue weighted by Crippen LogP contribution is -2.59. The first-order chi connectivity index (χ1) is 14.6. The van der Waals surface area contributed by atoms with Crippen molar-refractivity contribution in [1.29, 1.82) is 5.26 Å². The van der Waals surface area contributed by atoms with Crippen molar-refractivity contribution in [1.82, 2.24) is 4.90 Å². The van der Waals surface area contributed by atoms with Crippen molar-refractivity contribution < 1.29 is 19.4 Å². The van der Waals surface area contributed by atoms with Gasteiger partial charge in [0.2, 0.25) is 0 Å². The topological polar surface area (TPSA) is 86.0 Å². The van der Waals surface area contributed by atoms with Crippen molar-refractivity contribution in [2.45, 2.75) is 65.2 Å². The fraction of sp³-hybridized carbons (Fsp3) is 0.667. The quantitative estimate of drug-likeness (QED) is 0.748. The number of nitrogens with zero attached hydrogens (tertiary/aromatic N) is 3. The lowest BCUT2D eigenvalue weighted by Gasteiger charge is -2.52. The van der Waals surface area contributed by atoms with E-state index in [1.807, 2.05) is 24.3 Å². The molecule has 0 unspecified atom stereocenters. The van der Waals surface area contributed by atoms with Crippen LogP contribution in [0.5, 0.6) is 5.75 Å². The Bertz CT molecular complexity index is 831. The van der Waals surface area contributed by atoms with Crippen molar-refractivity contribution in [3.05, 3.63) is 24.3 Å². The van der Waals surface area contributed by atoms with Crippen LogP contribution in [-0.2, 0) is 4.74 Å². The molecule has 1 aromatic rings. The summed E-state index contributed by atoms with van der Waals surface area (Å²) in [5, 5.41) is 18.9. The van der Waals surface area contributed by atoms with Gasteiger partial charge < -0.3 is 24.4 Å². The van der Waals surface area contributed by atoms with Gasteiger partial charge in [0.1, 0.15) is 11.9 Å². The van der Waals surface area contributed by atoms with Crippen LogP contribution in [0.25, 0.3) is 0 Å². The van der Waals surface area contributed by atoms with Gasteiger partial charge in [0.05, 0.1) is 24.3 Å². The number of hydrogen-bond donors (Lipinski definition) is 1. The van der Waals surface area contributed by atoms with Crippen molar-refractivity contribution in [3.63, 3.8) is 0 Å². The zero-order valence-electron chi connectivity index (χ0n) is 19.3. The largest absolute Gasteiger partial charge is 0.488 e. The van der Waals surface area contributed by atoms with Gasteiger partial charge in [-0.1, -0.05) is 39.8 Å². The Hall–Kier alpha value is -2.46. The molecule has 0 saturated carbocycles. The highest BCUT2D eigenvalue weighted by atomic mass is 16.5. The summed E-state index contributed by atoms with van der Waals surface area (Å²) in [4.78, 5) is 15.4. The third kappa shape index (κ3) is 4.59. The minimum Gasteiger partial charge on any atom is -0.488 e. The van der Waals surface area contributed by atoms with Gasteiger partial charge >= 0.3 is 6.09 Å². The average molecular weight is 430 g/mol. The molecule has 2 aliphatic rings. The van der Waals surface area contributed by atoms with Crippen LogP contribution in [0.2, 0.25) is 0 Å².